The van der Waals surface area contributed by atoms with Crippen LogP contribution >= 0.6 is 0 Å². The summed E-state index contributed by atoms with van der Waals surface area (Å²) in [5, 5.41) is 3.60. The molecular weight excluding hydrogens is 287 g/mol. The Morgan fingerprint density at radius 2 is 1.70 bits per heavy atom. The van der Waals surface area contributed by atoms with Crippen LogP contribution in [0.5, 0.6) is 5.75 Å². The molecule has 0 N–H and O–H groups in total. The molecule has 0 aliphatic carbocycles. The molecule has 109 valence electrons. The van der Waals surface area contributed by atoms with Crippen LogP contribution in [0, 0.1) is 0 Å². The van der Waals surface area contributed by atoms with Crippen molar-refractivity contribution in [2.75, 3.05) is 18.0 Å². The Bertz CT molecular complexity index is 501. The Labute approximate surface area is 110 Å². The monoisotopic (exact) mass is 295 g/mol. The smallest absolute Gasteiger partial charge is 0.426 e. The third kappa shape index (κ3) is 2.75. The first kappa shape index (κ1) is 14.4. The van der Waals surface area contributed by atoms with Crippen molar-refractivity contribution >= 4 is 11.7 Å². The second-order valence-corrected chi connectivity index (χ2v) is 3.93. The second-order valence-electron chi connectivity index (χ2n) is 3.93. The minimum atomic E-state index is -5.80. The lowest BCUT2D eigenvalue weighted by molar-refractivity contribution is -0.360. The molecule has 0 unspecified atom stereocenters. The minimum Gasteiger partial charge on any atom is -0.426 e. The molecule has 4 nitrogen and oxygen atoms in total. The molecule has 0 spiro atoms. The van der Waals surface area contributed by atoms with Crippen molar-refractivity contribution in [2.24, 2.45) is 0 Å². The highest BCUT2D eigenvalue weighted by molar-refractivity contribution is 5.93. The Morgan fingerprint density at radius 3 is 2.15 bits per heavy atom. The zero-order chi connectivity index (χ0) is 15.0. The standard InChI is InChI=1S/C11H8F5N2O2/c12-10(13,14)11(15,16)20-8-3-1-7(2-4-8)18-6-5-17-9(18)19/h1-4H,5-6H2. The molecule has 1 aromatic rings. The number of halogens is 5. The molecule has 1 radical (unpaired) electrons. The molecule has 20 heavy (non-hydrogen) atoms. The number of amides is 2. The van der Waals surface area contributed by atoms with E-state index in [-0.39, 0.29) is 0 Å². The van der Waals surface area contributed by atoms with Gasteiger partial charge in [0, 0.05) is 12.2 Å². The number of ether oxygens (including phenoxy) is 1. The van der Waals surface area contributed by atoms with E-state index >= 15 is 0 Å². The van der Waals surface area contributed by atoms with E-state index < -0.39 is 24.1 Å². The Morgan fingerprint density at radius 1 is 1.10 bits per heavy atom. The van der Waals surface area contributed by atoms with Crippen molar-refractivity contribution < 1.29 is 31.5 Å². The lowest BCUT2D eigenvalue weighted by Crippen LogP contribution is -2.41. The van der Waals surface area contributed by atoms with Gasteiger partial charge in [-0.05, 0) is 24.3 Å². The van der Waals surface area contributed by atoms with Crippen LogP contribution in [0.1, 0.15) is 0 Å². The normalized spacial score (nSPS) is 16.2. The van der Waals surface area contributed by atoms with E-state index in [0.29, 0.717) is 18.8 Å². The number of urea groups is 1. The van der Waals surface area contributed by atoms with Crippen molar-refractivity contribution in [1.29, 1.82) is 0 Å². The predicted octanol–water partition coefficient (Wildman–Crippen LogP) is 2.76. The number of nitrogens with zero attached hydrogens (tertiary/aromatic N) is 2. The van der Waals surface area contributed by atoms with Gasteiger partial charge in [-0.1, -0.05) is 0 Å². The predicted molar refractivity (Wildman–Crippen MR) is 57.8 cm³/mol. The molecule has 2 amide bonds. The summed E-state index contributed by atoms with van der Waals surface area (Å²) in [7, 11) is 0. The molecule has 1 aliphatic heterocycles. The van der Waals surface area contributed by atoms with Gasteiger partial charge in [0.15, 0.2) is 0 Å². The highest BCUT2D eigenvalue weighted by Gasteiger charge is 2.61. The molecule has 1 fully saturated rings. The number of alkyl halides is 5. The Hall–Kier alpha value is -2.06. The Kier molecular flexibility index (Phi) is 3.45. The molecule has 0 atom stereocenters. The summed E-state index contributed by atoms with van der Waals surface area (Å²) in [5.41, 5.74) is 0.346. The van der Waals surface area contributed by atoms with Crippen LogP contribution in [-0.4, -0.2) is 31.4 Å². The summed E-state index contributed by atoms with van der Waals surface area (Å²) in [5.74, 6) is -0.653. The highest BCUT2D eigenvalue weighted by Crippen LogP contribution is 2.37. The molecule has 1 aliphatic rings. The van der Waals surface area contributed by atoms with E-state index in [1.165, 1.54) is 17.0 Å². The summed E-state index contributed by atoms with van der Waals surface area (Å²) in [4.78, 5) is 12.5. The lowest BCUT2D eigenvalue weighted by atomic mass is 10.3. The molecule has 2 rings (SSSR count). The summed E-state index contributed by atoms with van der Waals surface area (Å²) in [6.45, 7) is 0.640. The van der Waals surface area contributed by atoms with Crippen molar-refractivity contribution in [3.8, 4) is 5.75 Å². The molecule has 0 aromatic heterocycles. The molecule has 9 heteroatoms. The molecule has 1 aromatic carbocycles. The van der Waals surface area contributed by atoms with Crippen LogP contribution in [0.2, 0.25) is 0 Å². The van der Waals surface area contributed by atoms with Crippen molar-refractivity contribution in [2.45, 2.75) is 12.3 Å². The average Bonchev–Trinajstić information content (AvgIpc) is 2.74. The van der Waals surface area contributed by atoms with Crippen LogP contribution in [0.25, 0.3) is 0 Å². The van der Waals surface area contributed by atoms with Crippen LogP contribution in [0.4, 0.5) is 32.4 Å². The number of anilines is 1. The molecule has 1 heterocycles. The summed E-state index contributed by atoms with van der Waals surface area (Å²) < 4.78 is 64.8. The molecule has 0 bridgehead atoms. The first-order chi connectivity index (χ1) is 9.21. The van der Waals surface area contributed by atoms with E-state index in [2.05, 4.69) is 10.1 Å². The minimum absolute atomic E-state index is 0.309. The number of rotatable bonds is 3. The van der Waals surface area contributed by atoms with Gasteiger partial charge >= 0.3 is 18.3 Å². The maximum absolute atomic E-state index is 12.7. The van der Waals surface area contributed by atoms with Crippen molar-refractivity contribution in [3.05, 3.63) is 24.3 Å². The van der Waals surface area contributed by atoms with Gasteiger partial charge in [-0.2, -0.15) is 22.0 Å². The van der Waals surface area contributed by atoms with Crippen LogP contribution in [0.3, 0.4) is 0 Å². The van der Waals surface area contributed by atoms with Crippen molar-refractivity contribution in [3.63, 3.8) is 0 Å². The quantitative estimate of drug-likeness (QED) is 0.805. The average molecular weight is 295 g/mol. The number of carbonyl (C=O) groups is 1. The van der Waals surface area contributed by atoms with Gasteiger partial charge in [-0.25, -0.2) is 10.1 Å². The Balaban J connectivity index is 2.11. The van der Waals surface area contributed by atoms with Crippen LogP contribution in [-0.2, 0) is 0 Å². The van der Waals surface area contributed by atoms with Gasteiger partial charge in [0.2, 0.25) is 0 Å². The maximum atomic E-state index is 12.7. The highest BCUT2D eigenvalue weighted by atomic mass is 19.4. The van der Waals surface area contributed by atoms with Gasteiger partial charge in [0.1, 0.15) is 5.75 Å². The zero-order valence-corrected chi connectivity index (χ0v) is 9.82. The van der Waals surface area contributed by atoms with E-state index in [0.717, 1.165) is 12.1 Å². The number of benzene rings is 1. The topological polar surface area (TPSA) is 43.6 Å². The van der Waals surface area contributed by atoms with E-state index in [1.54, 1.807) is 0 Å². The fourth-order valence-electron chi connectivity index (χ4n) is 1.57. The third-order valence-electron chi connectivity index (χ3n) is 2.53. The van der Waals surface area contributed by atoms with Gasteiger partial charge in [0.05, 0.1) is 6.54 Å². The van der Waals surface area contributed by atoms with Gasteiger partial charge < -0.3 is 4.74 Å². The first-order valence-electron chi connectivity index (χ1n) is 5.43. The fraction of sp³-hybridized carbons (Fsp3) is 0.364. The molecular formula is C11H8F5N2O2. The second kappa shape index (κ2) is 4.80. The van der Waals surface area contributed by atoms with E-state index in [1.807, 2.05) is 0 Å². The number of hydrogen-bond acceptors (Lipinski definition) is 2. The van der Waals surface area contributed by atoms with Gasteiger partial charge in [-0.15, -0.1) is 0 Å². The summed E-state index contributed by atoms with van der Waals surface area (Å²) >= 11 is 0. The first-order valence-corrected chi connectivity index (χ1v) is 5.43. The molecule has 1 saturated heterocycles. The lowest BCUT2D eigenvalue weighted by Gasteiger charge is -2.20. The maximum Gasteiger partial charge on any atom is 0.499 e. The molecule has 0 saturated carbocycles. The third-order valence-corrected chi connectivity index (χ3v) is 2.53. The van der Waals surface area contributed by atoms with Crippen LogP contribution in [0.15, 0.2) is 24.3 Å². The zero-order valence-electron chi connectivity index (χ0n) is 9.82. The summed E-state index contributed by atoms with van der Waals surface area (Å²) in [6.07, 6.45) is -11.1. The largest absolute Gasteiger partial charge is 0.499 e. The van der Waals surface area contributed by atoms with Gasteiger partial charge in [-0.3, -0.25) is 4.90 Å². The van der Waals surface area contributed by atoms with E-state index in [9.17, 15) is 26.7 Å². The van der Waals surface area contributed by atoms with Crippen LogP contribution < -0.4 is 15.0 Å². The summed E-state index contributed by atoms with van der Waals surface area (Å²) in [6, 6.07) is 3.79. The SMILES string of the molecule is O=C1[N]CCN1c1ccc(OC(F)(F)C(F)(F)F)cc1. The van der Waals surface area contributed by atoms with E-state index in [4.69, 9.17) is 0 Å². The number of hydrogen-bond donors (Lipinski definition) is 0. The number of carbonyl (C=O) groups excluding carboxylic acids is 1. The fourth-order valence-corrected chi connectivity index (χ4v) is 1.57. The van der Waals surface area contributed by atoms with Gasteiger partial charge in [0.25, 0.3) is 0 Å². The van der Waals surface area contributed by atoms with Crippen molar-refractivity contribution in [1.82, 2.24) is 5.32 Å².